The van der Waals surface area contributed by atoms with Gasteiger partial charge in [0.05, 0.1) is 21.9 Å². The molecule has 0 aliphatic carbocycles. The predicted molar refractivity (Wildman–Crippen MR) is 74.4 cm³/mol. The molecule has 0 fully saturated rings. The van der Waals surface area contributed by atoms with Crippen LogP contribution in [0.1, 0.15) is 0 Å². The summed E-state index contributed by atoms with van der Waals surface area (Å²) < 4.78 is 14.7. The summed E-state index contributed by atoms with van der Waals surface area (Å²) in [5, 5.41) is 5.71. The Kier molecular flexibility index (Phi) is 2.96. The molecule has 0 spiro atoms. The van der Waals surface area contributed by atoms with Gasteiger partial charge in [-0.25, -0.2) is 14.4 Å². The first-order valence-electron chi connectivity index (χ1n) is 5.57. The van der Waals surface area contributed by atoms with E-state index in [-0.39, 0.29) is 5.82 Å². The van der Waals surface area contributed by atoms with Crippen molar-refractivity contribution < 1.29 is 4.39 Å². The molecule has 5 nitrogen and oxygen atoms in total. The van der Waals surface area contributed by atoms with Crippen molar-refractivity contribution in [1.29, 1.82) is 0 Å². The molecule has 0 aliphatic heterocycles. The second-order valence-corrected chi connectivity index (χ2v) is 4.69. The Morgan fingerprint density at radius 2 is 2.16 bits per heavy atom. The predicted octanol–water partition coefficient (Wildman–Crippen LogP) is 3.01. The van der Waals surface area contributed by atoms with Crippen molar-refractivity contribution in [3.05, 3.63) is 35.7 Å². The third kappa shape index (κ3) is 2.32. The maximum atomic E-state index is 13.6. The molecule has 96 valence electrons. The summed E-state index contributed by atoms with van der Waals surface area (Å²) in [6, 6.07) is 5.63. The first-order valence-corrected chi connectivity index (χ1v) is 6.45. The molecule has 0 bridgehead atoms. The van der Waals surface area contributed by atoms with Crippen LogP contribution in [0.25, 0.3) is 10.2 Å². The van der Waals surface area contributed by atoms with Crippen LogP contribution in [0.15, 0.2) is 29.9 Å². The van der Waals surface area contributed by atoms with Crippen molar-refractivity contribution in [3.63, 3.8) is 0 Å². The smallest absolute Gasteiger partial charge is 0.224 e. The van der Waals surface area contributed by atoms with Crippen LogP contribution >= 0.6 is 11.3 Å². The van der Waals surface area contributed by atoms with Gasteiger partial charge in [0.15, 0.2) is 11.6 Å². The molecule has 2 N–H and O–H groups in total. The topological polar surface area (TPSA) is 62.7 Å². The van der Waals surface area contributed by atoms with Crippen molar-refractivity contribution in [2.75, 3.05) is 17.7 Å². The van der Waals surface area contributed by atoms with Gasteiger partial charge in [-0.1, -0.05) is 0 Å². The molecule has 19 heavy (non-hydrogen) atoms. The van der Waals surface area contributed by atoms with Crippen molar-refractivity contribution in [2.45, 2.75) is 0 Å². The molecule has 0 aliphatic rings. The number of hydrogen-bond donors (Lipinski definition) is 2. The standard InChI is InChI=1S/C12H10FN5S/c1-14-12-15-5-8(13)11(18-12)17-7-2-3-9-10(4-7)19-6-16-9/h2-6H,1H3,(H2,14,15,17,18). The zero-order valence-electron chi connectivity index (χ0n) is 10.0. The maximum Gasteiger partial charge on any atom is 0.224 e. The number of anilines is 3. The summed E-state index contributed by atoms with van der Waals surface area (Å²) in [5.41, 5.74) is 3.46. The summed E-state index contributed by atoms with van der Waals surface area (Å²) in [5.74, 6) is 0.00869. The van der Waals surface area contributed by atoms with Crippen molar-refractivity contribution in [2.24, 2.45) is 0 Å². The highest BCUT2D eigenvalue weighted by Gasteiger charge is 2.07. The summed E-state index contributed by atoms with van der Waals surface area (Å²) in [6.45, 7) is 0. The lowest BCUT2D eigenvalue weighted by molar-refractivity contribution is 0.619. The van der Waals surface area contributed by atoms with Gasteiger partial charge >= 0.3 is 0 Å². The van der Waals surface area contributed by atoms with E-state index in [1.54, 1.807) is 12.6 Å². The minimum Gasteiger partial charge on any atom is -0.357 e. The normalized spacial score (nSPS) is 10.6. The van der Waals surface area contributed by atoms with E-state index < -0.39 is 5.82 Å². The molecule has 0 saturated heterocycles. The SMILES string of the molecule is CNc1ncc(F)c(Nc2ccc3ncsc3c2)n1. The van der Waals surface area contributed by atoms with Crippen LogP contribution in [-0.2, 0) is 0 Å². The van der Waals surface area contributed by atoms with E-state index in [1.165, 1.54) is 11.3 Å². The molecule has 7 heteroatoms. The number of thiazole rings is 1. The van der Waals surface area contributed by atoms with E-state index in [0.717, 1.165) is 22.1 Å². The Balaban J connectivity index is 1.95. The maximum absolute atomic E-state index is 13.6. The van der Waals surface area contributed by atoms with Gasteiger partial charge in [0.2, 0.25) is 5.95 Å². The number of rotatable bonds is 3. The Labute approximate surface area is 112 Å². The van der Waals surface area contributed by atoms with Crippen LogP contribution < -0.4 is 10.6 Å². The zero-order chi connectivity index (χ0) is 13.2. The number of nitrogens with zero attached hydrogens (tertiary/aromatic N) is 3. The van der Waals surface area contributed by atoms with E-state index in [4.69, 9.17) is 0 Å². The van der Waals surface area contributed by atoms with E-state index in [2.05, 4.69) is 25.6 Å². The molecule has 3 rings (SSSR count). The average molecular weight is 275 g/mol. The molecule has 2 aromatic heterocycles. The van der Waals surface area contributed by atoms with Crippen LogP contribution in [0.4, 0.5) is 21.8 Å². The average Bonchev–Trinajstić information content (AvgIpc) is 2.89. The minimum absolute atomic E-state index is 0.142. The molecule has 3 aromatic rings. The van der Waals surface area contributed by atoms with E-state index in [9.17, 15) is 4.39 Å². The number of fused-ring (bicyclic) bond motifs is 1. The fraction of sp³-hybridized carbons (Fsp3) is 0.0833. The lowest BCUT2D eigenvalue weighted by atomic mass is 10.3. The molecule has 0 atom stereocenters. The van der Waals surface area contributed by atoms with Crippen LogP contribution in [0.2, 0.25) is 0 Å². The molecule has 0 unspecified atom stereocenters. The summed E-state index contributed by atoms with van der Waals surface area (Å²) in [4.78, 5) is 12.0. The molecular weight excluding hydrogens is 265 g/mol. The van der Waals surface area contributed by atoms with E-state index in [0.29, 0.717) is 5.95 Å². The van der Waals surface area contributed by atoms with Crippen LogP contribution in [0.3, 0.4) is 0 Å². The fourth-order valence-electron chi connectivity index (χ4n) is 1.64. The minimum atomic E-state index is -0.497. The zero-order valence-corrected chi connectivity index (χ0v) is 10.8. The van der Waals surface area contributed by atoms with Gasteiger partial charge in [0.25, 0.3) is 0 Å². The molecule has 2 heterocycles. The first kappa shape index (κ1) is 11.8. The van der Waals surface area contributed by atoms with Crippen LogP contribution in [0.5, 0.6) is 0 Å². The van der Waals surface area contributed by atoms with Gasteiger partial charge < -0.3 is 10.6 Å². The number of halogens is 1. The third-order valence-electron chi connectivity index (χ3n) is 2.56. The highest BCUT2D eigenvalue weighted by molar-refractivity contribution is 7.16. The Hall–Kier alpha value is -2.28. The Morgan fingerprint density at radius 3 is 3.00 bits per heavy atom. The van der Waals surface area contributed by atoms with Gasteiger partial charge in [-0.3, -0.25) is 0 Å². The number of benzene rings is 1. The molecule has 0 saturated carbocycles. The van der Waals surface area contributed by atoms with Gasteiger partial charge in [-0.15, -0.1) is 11.3 Å². The van der Waals surface area contributed by atoms with Gasteiger partial charge in [0, 0.05) is 12.7 Å². The van der Waals surface area contributed by atoms with Gasteiger partial charge in [-0.05, 0) is 18.2 Å². The highest BCUT2D eigenvalue weighted by atomic mass is 32.1. The summed E-state index contributed by atoms with van der Waals surface area (Å²) >= 11 is 1.53. The highest BCUT2D eigenvalue weighted by Crippen LogP contribution is 2.24. The molecule has 0 amide bonds. The number of nitrogens with one attached hydrogen (secondary N) is 2. The number of aromatic nitrogens is 3. The molecular formula is C12H10FN5S. The van der Waals surface area contributed by atoms with Gasteiger partial charge in [0.1, 0.15) is 0 Å². The lowest BCUT2D eigenvalue weighted by Crippen LogP contribution is -2.02. The van der Waals surface area contributed by atoms with Crippen molar-refractivity contribution in [3.8, 4) is 0 Å². The lowest BCUT2D eigenvalue weighted by Gasteiger charge is -2.07. The monoisotopic (exact) mass is 275 g/mol. The third-order valence-corrected chi connectivity index (χ3v) is 3.35. The molecule has 0 radical (unpaired) electrons. The Morgan fingerprint density at radius 1 is 1.26 bits per heavy atom. The summed E-state index contributed by atoms with van der Waals surface area (Å²) in [7, 11) is 1.68. The van der Waals surface area contributed by atoms with Crippen molar-refractivity contribution in [1.82, 2.24) is 15.0 Å². The van der Waals surface area contributed by atoms with Gasteiger partial charge in [-0.2, -0.15) is 4.98 Å². The molecule has 1 aromatic carbocycles. The van der Waals surface area contributed by atoms with E-state index in [1.807, 2.05) is 18.2 Å². The largest absolute Gasteiger partial charge is 0.357 e. The second-order valence-electron chi connectivity index (χ2n) is 3.80. The van der Waals surface area contributed by atoms with Crippen molar-refractivity contribution >= 4 is 39.0 Å². The Bertz CT molecular complexity index is 727. The second kappa shape index (κ2) is 4.77. The van der Waals surface area contributed by atoms with E-state index >= 15 is 0 Å². The number of hydrogen-bond acceptors (Lipinski definition) is 6. The van der Waals surface area contributed by atoms with Crippen LogP contribution in [-0.4, -0.2) is 22.0 Å². The van der Waals surface area contributed by atoms with Crippen LogP contribution in [0, 0.1) is 5.82 Å². The first-order chi connectivity index (χ1) is 9.26. The fourth-order valence-corrected chi connectivity index (χ4v) is 2.36. The summed E-state index contributed by atoms with van der Waals surface area (Å²) in [6.07, 6.45) is 1.13. The quantitative estimate of drug-likeness (QED) is 0.769.